The van der Waals surface area contributed by atoms with E-state index in [1.165, 1.54) is 30.5 Å². The fourth-order valence-corrected chi connectivity index (χ4v) is 4.93. The summed E-state index contributed by atoms with van der Waals surface area (Å²) in [6.07, 6.45) is 7.78. The van der Waals surface area contributed by atoms with Gasteiger partial charge in [-0.1, -0.05) is 42.0 Å². The van der Waals surface area contributed by atoms with Gasteiger partial charge in [-0.3, -0.25) is 9.59 Å². The van der Waals surface area contributed by atoms with Gasteiger partial charge in [-0.05, 0) is 61.4 Å². The summed E-state index contributed by atoms with van der Waals surface area (Å²) in [5, 5.41) is 3.12. The molecule has 174 valence electrons. The van der Waals surface area contributed by atoms with Gasteiger partial charge in [-0.25, -0.2) is 4.39 Å². The van der Waals surface area contributed by atoms with Gasteiger partial charge >= 0.3 is 0 Å². The fraction of sp³-hybridized carbons (Fsp3) is 0.407. The monoisotopic (exact) mass is 450 g/mol. The standard InChI is InChI=1S/C27H31FN2O3/c1-33-18-17-30-25(20-11-13-21(28)14-12-20)24(22-9-5-6-10-23(22)27(30)32)26(31)29-16-15-19-7-3-2-4-8-19/h5-7,9-14,24-25H,2-4,8,15-18H2,1H3,(H,29,31). The number of nitrogens with one attached hydrogen (secondary N) is 1. The highest BCUT2D eigenvalue weighted by Gasteiger charge is 2.43. The van der Waals surface area contributed by atoms with Crippen molar-refractivity contribution in [3.05, 3.63) is 82.7 Å². The smallest absolute Gasteiger partial charge is 0.254 e. The zero-order chi connectivity index (χ0) is 23.2. The summed E-state index contributed by atoms with van der Waals surface area (Å²) in [5.74, 6) is -1.22. The number of benzene rings is 2. The lowest BCUT2D eigenvalue weighted by molar-refractivity contribution is -0.124. The summed E-state index contributed by atoms with van der Waals surface area (Å²) < 4.78 is 18.9. The van der Waals surface area contributed by atoms with Gasteiger partial charge in [0.25, 0.3) is 5.91 Å². The van der Waals surface area contributed by atoms with E-state index in [0.29, 0.717) is 30.8 Å². The third kappa shape index (κ3) is 5.17. The van der Waals surface area contributed by atoms with E-state index >= 15 is 0 Å². The van der Waals surface area contributed by atoms with Crippen molar-refractivity contribution in [3.8, 4) is 0 Å². The quantitative estimate of drug-likeness (QED) is 0.590. The van der Waals surface area contributed by atoms with Crippen molar-refractivity contribution in [2.45, 2.75) is 44.1 Å². The molecular weight excluding hydrogens is 419 g/mol. The molecule has 5 nitrogen and oxygen atoms in total. The van der Waals surface area contributed by atoms with E-state index in [-0.39, 0.29) is 17.6 Å². The molecule has 1 aliphatic carbocycles. The maximum Gasteiger partial charge on any atom is 0.254 e. The van der Waals surface area contributed by atoms with E-state index in [2.05, 4.69) is 11.4 Å². The topological polar surface area (TPSA) is 58.6 Å². The van der Waals surface area contributed by atoms with Crippen LogP contribution in [0.5, 0.6) is 0 Å². The number of hydrogen-bond acceptors (Lipinski definition) is 3. The molecule has 2 atom stereocenters. The summed E-state index contributed by atoms with van der Waals surface area (Å²) in [7, 11) is 1.58. The molecule has 1 aliphatic heterocycles. The van der Waals surface area contributed by atoms with Crippen LogP contribution in [0.15, 0.2) is 60.2 Å². The Labute approximate surface area is 194 Å². The van der Waals surface area contributed by atoms with E-state index in [4.69, 9.17) is 4.74 Å². The van der Waals surface area contributed by atoms with Crippen LogP contribution in [0.1, 0.15) is 65.5 Å². The number of carbonyl (C=O) groups is 2. The van der Waals surface area contributed by atoms with E-state index < -0.39 is 12.0 Å². The van der Waals surface area contributed by atoms with E-state index in [1.54, 1.807) is 30.2 Å². The Morgan fingerprint density at radius 2 is 1.94 bits per heavy atom. The average Bonchev–Trinajstić information content (AvgIpc) is 2.84. The van der Waals surface area contributed by atoms with Crippen LogP contribution in [0.2, 0.25) is 0 Å². The van der Waals surface area contributed by atoms with Crippen LogP contribution in [-0.4, -0.2) is 43.5 Å². The maximum atomic E-state index is 13.7. The first-order valence-corrected chi connectivity index (χ1v) is 11.7. The van der Waals surface area contributed by atoms with Gasteiger partial charge in [0.1, 0.15) is 5.82 Å². The Hall–Kier alpha value is -2.99. The van der Waals surface area contributed by atoms with Crippen LogP contribution >= 0.6 is 0 Å². The Morgan fingerprint density at radius 1 is 1.15 bits per heavy atom. The van der Waals surface area contributed by atoms with Crippen molar-refractivity contribution in [3.63, 3.8) is 0 Å². The summed E-state index contributed by atoms with van der Waals surface area (Å²) in [5.41, 5.74) is 3.37. The minimum atomic E-state index is -0.596. The van der Waals surface area contributed by atoms with Crippen molar-refractivity contribution < 1.29 is 18.7 Å². The second-order valence-electron chi connectivity index (χ2n) is 8.70. The predicted molar refractivity (Wildman–Crippen MR) is 125 cm³/mol. The summed E-state index contributed by atoms with van der Waals surface area (Å²) in [6, 6.07) is 12.8. The molecule has 0 bridgehead atoms. The minimum Gasteiger partial charge on any atom is -0.383 e. The van der Waals surface area contributed by atoms with E-state index in [0.717, 1.165) is 24.8 Å². The van der Waals surface area contributed by atoms with Crippen molar-refractivity contribution in [1.29, 1.82) is 0 Å². The molecule has 2 amide bonds. The van der Waals surface area contributed by atoms with Gasteiger partial charge in [0.05, 0.1) is 18.6 Å². The lowest BCUT2D eigenvalue weighted by Crippen LogP contribution is -2.48. The zero-order valence-corrected chi connectivity index (χ0v) is 19.1. The van der Waals surface area contributed by atoms with Gasteiger partial charge in [-0.15, -0.1) is 0 Å². The Balaban J connectivity index is 1.66. The Bertz CT molecular complexity index is 1020. The molecule has 0 fully saturated rings. The number of halogens is 1. The highest BCUT2D eigenvalue weighted by Crippen LogP contribution is 2.42. The molecule has 0 radical (unpaired) electrons. The number of allylic oxidation sites excluding steroid dienone is 1. The summed E-state index contributed by atoms with van der Waals surface area (Å²) in [6.45, 7) is 1.24. The lowest BCUT2D eigenvalue weighted by atomic mass is 9.79. The number of rotatable bonds is 8. The lowest BCUT2D eigenvalue weighted by Gasteiger charge is -2.41. The number of ether oxygens (including phenoxy) is 1. The molecular formula is C27H31FN2O3. The van der Waals surface area contributed by atoms with E-state index in [9.17, 15) is 14.0 Å². The Morgan fingerprint density at radius 3 is 2.67 bits per heavy atom. The molecule has 0 spiro atoms. The number of hydrogen-bond donors (Lipinski definition) is 1. The minimum absolute atomic E-state index is 0.122. The van der Waals surface area contributed by atoms with Crippen LogP contribution in [0.3, 0.4) is 0 Å². The van der Waals surface area contributed by atoms with Crippen molar-refractivity contribution in [1.82, 2.24) is 10.2 Å². The van der Waals surface area contributed by atoms with Gasteiger partial charge < -0.3 is 15.0 Å². The second-order valence-corrected chi connectivity index (χ2v) is 8.70. The molecule has 0 aromatic heterocycles. The molecule has 0 saturated carbocycles. The average molecular weight is 451 g/mol. The normalized spacial score (nSPS) is 20.2. The maximum absolute atomic E-state index is 13.7. The van der Waals surface area contributed by atoms with Crippen LogP contribution in [0.4, 0.5) is 4.39 Å². The van der Waals surface area contributed by atoms with Gasteiger partial charge in [0.2, 0.25) is 5.91 Å². The van der Waals surface area contributed by atoms with Crippen LogP contribution in [0.25, 0.3) is 0 Å². The second kappa shape index (κ2) is 10.8. The molecule has 2 aromatic rings. The van der Waals surface area contributed by atoms with Crippen molar-refractivity contribution in [2.75, 3.05) is 26.8 Å². The summed E-state index contributed by atoms with van der Waals surface area (Å²) >= 11 is 0. The fourth-order valence-electron chi connectivity index (χ4n) is 4.93. The molecule has 1 N–H and O–H groups in total. The Kier molecular flexibility index (Phi) is 7.55. The molecule has 2 aromatic carbocycles. The first-order chi connectivity index (χ1) is 16.1. The van der Waals surface area contributed by atoms with Crippen LogP contribution in [-0.2, 0) is 9.53 Å². The first kappa shape index (κ1) is 23.2. The molecule has 33 heavy (non-hydrogen) atoms. The molecule has 2 unspecified atom stereocenters. The molecule has 0 saturated heterocycles. The highest BCUT2D eigenvalue weighted by atomic mass is 19.1. The number of nitrogens with zero attached hydrogens (tertiary/aromatic N) is 1. The number of amides is 2. The van der Waals surface area contributed by atoms with Crippen LogP contribution < -0.4 is 5.32 Å². The number of methoxy groups -OCH3 is 1. The molecule has 6 heteroatoms. The van der Waals surface area contributed by atoms with Gasteiger partial charge in [-0.2, -0.15) is 0 Å². The molecule has 1 heterocycles. The van der Waals surface area contributed by atoms with Crippen molar-refractivity contribution >= 4 is 11.8 Å². The van der Waals surface area contributed by atoms with Crippen LogP contribution in [0, 0.1) is 5.82 Å². The SMILES string of the molecule is COCCN1C(=O)c2ccccc2C(C(=O)NCCC2=CCCCC2)C1c1ccc(F)cc1. The predicted octanol–water partition coefficient (Wildman–Crippen LogP) is 4.76. The van der Waals surface area contributed by atoms with Gasteiger partial charge in [0, 0.05) is 25.8 Å². The highest BCUT2D eigenvalue weighted by molar-refractivity contribution is 6.01. The first-order valence-electron chi connectivity index (χ1n) is 11.7. The third-order valence-electron chi connectivity index (χ3n) is 6.60. The van der Waals surface area contributed by atoms with Crippen molar-refractivity contribution in [2.24, 2.45) is 0 Å². The largest absolute Gasteiger partial charge is 0.383 e. The molecule has 2 aliphatic rings. The number of fused-ring (bicyclic) bond motifs is 1. The number of carbonyl (C=O) groups excluding carboxylic acids is 2. The van der Waals surface area contributed by atoms with E-state index in [1.807, 2.05) is 18.2 Å². The van der Waals surface area contributed by atoms with Gasteiger partial charge in [0.15, 0.2) is 0 Å². The summed E-state index contributed by atoms with van der Waals surface area (Å²) in [4.78, 5) is 28.7. The molecule has 4 rings (SSSR count). The zero-order valence-electron chi connectivity index (χ0n) is 19.1. The third-order valence-corrected chi connectivity index (χ3v) is 6.60.